The molecule has 138 valence electrons. The number of para-hydroxylation sites is 3. The van der Waals surface area contributed by atoms with Crippen molar-refractivity contribution in [1.29, 1.82) is 0 Å². The number of nitrogens with zero attached hydrogens (tertiary/aromatic N) is 3. The topological polar surface area (TPSA) is 30.7 Å². The minimum atomic E-state index is -4.37. The Morgan fingerprint density at radius 1 is 0.786 bits per heavy atom. The van der Waals surface area contributed by atoms with Crippen LogP contribution in [0.5, 0.6) is 0 Å². The van der Waals surface area contributed by atoms with E-state index < -0.39 is 11.7 Å². The molecule has 0 radical (unpaired) electrons. The van der Waals surface area contributed by atoms with Gasteiger partial charge in [-0.1, -0.05) is 42.5 Å². The molecule has 0 spiro atoms. The Kier molecular flexibility index (Phi) is 3.62. The molecule has 0 aliphatic heterocycles. The highest BCUT2D eigenvalue weighted by Crippen LogP contribution is 2.32. The monoisotopic (exact) mass is 377 g/mol. The summed E-state index contributed by atoms with van der Waals surface area (Å²) in [5.41, 5.74) is 3.76. The van der Waals surface area contributed by atoms with Gasteiger partial charge in [0.05, 0.1) is 22.1 Å². The van der Waals surface area contributed by atoms with E-state index in [1.54, 1.807) is 6.07 Å². The van der Waals surface area contributed by atoms with Crippen molar-refractivity contribution in [2.75, 3.05) is 0 Å². The van der Waals surface area contributed by atoms with Crippen LogP contribution in [0.1, 0.15) is 11.1 Å². The predicted molar refractivity (Wildman–Crippen MR) is 103 cm³/mol. The van der Waals surface area contributed by atoms with E-state index in [-0.39, 0.29) is 6.54 Å². The summed E-state index contributed by atoms with van der Waals surface area (Å²) < 4.78 is 41.2. The van der Waals surface area contributed by atoms with Crippen molar-refractivity contribution in [1.82, 2.24) is 14.5 Å². The maximum absolute atomic E-state index is 13.1. The molecule has 0 aliphatic rings. The molecule has 0 fully saturated rings. The SMILES string of the molecule is FC(F)(F)c1cccc(Cn2c3ccccc3c3nc4ccccc4nc32)c1. The quantitative estimate of drug-likeness (QED) is 0.389. The van der Waals surface area contributed by atoms with E-state index in [2.05, 4.69) is 0 Å². The first-order valence-electron chi connectivity index (χ1n) is 8.80. The number of aromatic nitrogens is 3. The highest BCUT2D eigenvalue weighted by Gasteiger charge is 2.30. The number of halogens is 3. The van der Waals surface area contributed by atoms with Gasteiger partial charge < -0.3 is 4.57 Å². The summed E-state index contributed by atoms with van der Waals surface area (Å²) in [6.07, 6.45) is -4.37. The number of benzene rings is 3. The normalized spacial score (nSPS) is 12.2. The standard InChI is InChI=1S/C22H14F3N3/c23-22(24,25)15-7-5-6-14(12-15)13-28-19-11-4-1-8-16(19)20-21(28)27-18-10-3-2-9-17(18)26-20/h1-12H,13H2. The lowest BCUT2D eigenvalue weighted by Gasteiger charge is -2.11. The molecule has 6 heteroatoms. The van der Waals surface area contributed by atoms with E-state index >= 15 is 0 Å². The van der Waals surface area contributed by atoms with Gasteiger partial charge in [0, 0.05) is 11.9 Å². The average molecular weight is 377 g/mol. The molecule has 0 unspecified atom stereocenters. The van der Waals surface area contributed by atoms with Crippen LogP contribution in [0.25, 0.3) is 33.1 Å². The molecule has 2 aromatic heterocycles. The zero-order valence-electron chi connectivity index (χ0n) is 14.6. The largest absolute Gasteiger partial charge is 0.416 e. The van der Waals surface area contributed by atoms with Crippen LogP contribution < -0.4 is 0 Å². The molecule has 2 heterocycles. The maximum atomic E-state index is 13.1. The first kappa shape index (κ1) is 16.7. The smallest absolute Gasteiger partial charge is 0.319 e. The van der Waals surface area contributed by atoms with Gasteiger partial charge >= 0.3 is 6.18 Å². The van der Waals surface area contributed by atoms with Gasteiger partial charge in [0.2, 0.25) is 0 Å². The number of alkyl halides is 3. The third kappa shape index (κ3) is 2.69. The molecular formula is C22H14F3N3. The van der Waals surface area contributed by atoms with Crippen molar-refractivity contribution >= 4 is 33.1 Å². The van der Waals surface area contributed by atoms with Gasteiger partial charge in [-0.25, -0.2) is 9.97 Å². The molecule has 28 heavy (non-hydrogen) atoms. The summed E-state index contributed by atoms with van der Waals surface area (Å²) in [6, 6.07) is 20.7. The summed E-state index contributed by atoms with van der Waals surface area (Å²) in [6.45, 7) is 0.279. The zero-order valence-corrected chi connectivity index (χ0v) is 14.6. The first-order chi connectivity index (χ1) is 13.5. The van der Waals surface area contributed by atoms with Crippen LogP contribution in [0.4, 0.5) is 13.2 Å². The summed E-state index contributed by atoms with van der Waals surface area (Å²) in [5, 5.41) is 0.933. The summed E-state index contributed by atoms with van der Waals surface area (Å²) in [7, 11) is 0. The molecule has 0 bridgehead atoms. The van der Waals surface area contributed by atoms with Crippen LogP contribution in [-0.2, 0) is 12.7 Å². The Morgan fingerprint density at radius 2 is 1.50 bits per heavy atom. The lowest BCUT2D eigenvalue weighted by atomic mass is 10.1. The van der Waals surface area contributed by atoms with E-state index in [4.69, 9.17) is 9.97 Å². The second-order valence-corrected chi connectivity index (χ2v) is 6.69. The van der Waals surface area contributed by atoms with Gasteiger partial charge in [0.1, 0.15) is 5.52 Å². The van der Waals surface area contributed by atoms with E-state index in [1.807, 2.05) is 53.1 Å². The third-order valence-electron chi connectivity index (χ3n) is 4.85. The number of hydrogen-bond acceptors (Lipinski definition) is 2. The van der Waals surface area contributed by atoms with Crippen LogP contribution >= 0.6 is 0 Å². The van der Waals surface area contributed by atoms with Gasteiger partial charge in [-0.15, -0.1) is 0 Å². The Bertz CT molecular complexity index is 1340. The molecule has 0 saturated heterocycles. The van der Waals surface area contributed by atoms with Crippen LogP contribution in [-0.4, -0.2) is 14.5 Å². The molecule has 0 saturated carbocycles. The zero-order chi connectivity index (χ0) is 19.3. The van der Waals surface area contributed by atoms with Crippen LogP contribution in [0.15, 0.2) is 72.8 Å². The number of rotatable bonds is 2. The fourth-order valence-electron chi connectivity index (χ4n) is 3.57. The highest BCUT2D eigenvalue weighted by molar-refractivity contribution is 6.06. The van der Waals surface area contributed by atoms with Gasteiger partial charge in [0.15, 0.2) is 5.65 Å². The molecule has 5 aromatic rings. The van der Waals surface area contributed by atoms with Gasteiger partial charge in [0.25, 0.3) is 0 Å². The molecule has 0 aliphatic carbocycles. The van der Waals surface area contributed by atoms with Crippen molar-refractivity contribution in [3.05, 3.63) is 83.9 Å². The second kappa shape index (κ2) is 6.05. The number of hydrogen-bond donors (Lipinski definition) is 0. The molecule has 0 atom stereocenters. The molecule has 0 N–H and O–H groups in total. The Morgan fingerprint density at radius 3 is 2.29 bits per heavy atom. The van der Waals surface area contributed by atoms with Gasteiger partial charge in [-0.05, 0) is 35.9 Å². The lowest BCUT2D eigenvalue weighted by Crippen LogP contribution is -2.07. The van der Waals surface area contributed by atoms with Gasteiger partial charge in [-0.2, -0.15) is 13.2 Å². The fourth-order valence-corrected chi connectivity index (χ4v) is 3.57. The number of fused-ring (bicyclic) bond motifs is 4. The van der Waals surface area contributed by atoms with E-state index in [0.717, 1.165) is 33.5 Å². The Labute approximate surface area is 158 Å². The third-order valence-corrected chi connectivity index (χ3v) is 4.85. The molecule has 3 aromatic carbocycles. The fraction of sp³-hybridized carbons (Fsp3) is 0.0909. The van der Waals surface area contributed by atoms with Crippen molar-refractivity contribution < 1.29 is 13.2 Å². The summed E-state index contributed by atoms with van der Waals surface area (Å²) in [5.74, 6) is 0. The lowest BCUT2D eigenvalue weighted by molar-refractivity contribution is -0.137. The minimum Gasteiger partial charge on any atom is -0.319 e. The molecule has 3 nitrogen and oxygen atoms in total. The van der Waals surface area contributed by atoms with Crippen LogP contribution in [0, 0.1) is 0 Å². The van der Waals surface area contributed by atoms with Crippen molar-refractivity contribution in [3.8, 4) is 0 Å². The van der Waals surface area contributed by atoms with Crippen molar-refractivity contribution in [2.45, 2.75) is 12.7 Å². The highest BCUT2D eigenvalue weighted by atomic mass is 19.4. The molecular weight excluding hydrogens is 363 g/mol. The van der Waals surface area contributed by atoms with E-state index in [0.29, 0.717) is 11.2 Å². The van der Waals surface area contributed by atoms with Gasteiger partial charge in [-0.3, -0.25) is 0 Å². The minimum absolute atomic E-state index is 0.279. The molecule has 5 rings (SSSR count). The first-order valence-corrected chi connectivity index (χ1v) is 8.80. The van der Waals surface area contributed by atoms with Crippen molar-refractivity contribution in [2.24, 2.45) is 0 Å². The van der Waals surface area contributed by atoms with E-state index in [1.165, 1.54) is 12.1 Å². The predicted octanol–water partition coefficient (Wildman–Crippen LogP) is 5.80. The van der Waals surface area contributed by atoms with Crippen LogP contribution in [0.2, 0.25) is 0 Å². The maximum Gasteiger partial charge on any atom is 0.416 e. The Hall–Kier alpha value is -3.41. The second-order valence-electron chi connectivity index (χ2n) is 6.69. The molecule has 0 amide bonds. The van der Waals surface area contributed by atoms with Crippen LogP contribution in [0.3, 0.4) is 0 Å². The Balaban J connectivity index is 1.75. The van der Waals surface area contributed by atoms with Crippen molar-refractivity contribution in [3.63, 3.8) is 0 Å². The summed E-state index contributed by atoms with van der Waals surface area (Å²) >= 11 is 0. The average Bonchev–Trinajstić information content (AvgIpc) is 2.99. The van der Waals surface area contributed by atoms with E-state index in [9.17, 15) is 13.2 Å². The summed E-state index contributed by atoms with van der Waals surface area (Å²) in [4.78, 5) is 9.52.